The predicted molar refractivity (Wildman–Crippen MR) is 87.7 cm³/mol. The lowest BCUT2D eigenvalue weighted by molar-refractivity contribution is 0.0943. The average molecular weight is 350 g/mol. The number of amides is 1. The van der Waals surface area contributed by atoms with Crippen LogP contribution in [0.15, 0.2) is 35.7 Å². The van der Waals surface area contributed by atoms with Crippen molar-refractivity contribution in [2.24, 2.45) is 0 Å². The molecule has 2 aromatic heterocycles. The fourth-order valence-corrected chi connectivity index (χ4v) is 3.86. The SMILES string of the molecule is Cc1nc(-c2cccs2)sc1CNC(=O)c1c(F)cccc1F. The normalized spacial score (nSPS) is 10.7. The maximum Gasteiger partial charge on any atom is 0.257 e. The van der Waals surface area contributed by atoms with Crippen molar-refractivity contribution in [1.29, 1.82) is 0 Å². The van der Waals surface area contributed by atoms with E-state index in [1.807, 2.05) is 24.4 Å². The van der Waals surface area contributed by atoms with E-state index >= 15 is 0 Å². The molecule has 7 heteroatoms. The highest BCUT2D eigenvalue weighted by molar-refractivity contribution is 7.21. The first-order valence-corrected chi connectivity index (χ1v) is 8.48. The monoisotopic (exact) mass is 350 g/mol. The van der Waals surface area contributed by atoms with Crippen molar-refractivity contribution in [1.82, 2.24) is 10.3 Å². The number of aromatic nitrogens is 1. The topological polar surface area (TPSA) is 42.0 Å². The Morgan fingerprint density at radius 1 is 1.22 bits per heavy atom. The molecule has 0 aliphatic carbocycles. The first-order chi connectivity index (χ1) is 11.1. The number of halogens is 2. The van der Waals surface area contributed by atoms with E-state index in [4.69, 9.17) is 0 Å². The molecular weight excluding hydrogens is 338 g/mol. The molecule has 1 aromatic carbocycles. The third-order valence-corrected chi connectivity index (χ3v) is 5.42. The summed E-state index contributed by atoms with van der Waals surface area (Å²) < 4.78 is 27.2. The van der Waals surface area contributed by atoms with Crippen LogP contribution in [0.3, 0.4) is 0 Å². The number of nitrogens with zero attached hydrogens (tertiary/aromatic N) is 1. The van der Waals surface area contributed by atoms with Crippen LogP contribution in [0.1, 0.15) is 20.9 Å². The number of thiophene rings is 1. The molecule has 0 radical (unpaired) electrons. The van der Waals surface area contributed by atoms with E-state index in [2.05, 4.69) is 10.3 Å². The van der Waals surface area contributed by atoms with E-state index in [0.717, 1.165) is 32.6 Å². The van der Waals surface area contributed by atoms with Crippen molar-refractivity contribution in [2.75, 3.05) is 0 Å². The summed E-state index contributed by atoms with van der Waals surface area (Å²) in [5, 5.41) is 5.39. The van der Waals surface area contributed by atoms with Gasteiger partial charge in [0.05, 0.1) is 17.1 Å². The highest BCUT2D eigenvalue weighted by Gasteiger charge is 2.18. The molecule has 23 heavy (non-hydrogen) atoms. The van der Waals surface area contributed by atoms with Gasteiger partial charge in [-0.3, -0.25) is 4.79 Å². The second kappa shape index (κ2) is 6.55. The Hall–Kier alpha value is -2.12. The quantitative estimate of drug-likeness (QED) is 0.758. The lowest BCUT2D eigenvalue weighted by atomic mass is 10.2. The molecular formula is C16H12F2N2OS2. The largest absolute Gasteiger partial charge is 0.347 e. The zero-order chi connectivity index (χ0) is 16.4. The Bertz CT molecular complexity index is 824. The molecule has 0 atom stereocenters. The summed E-state index contributed by atoms with van der Waals surface area (Å²) in [5.74, 6) is -2.52. The van der Waals surface area contributed by atoms with Gasteiger partial charge in [-0.1, -0.05) is 12.1 Å². The van der Waals surface area contributed by atoms with Gasteiger partial charge in [0.15, 0.2) is 0 Å². The maximum absolute atomic E-state index is 13.6. The fraction of sp³-hybridized carbons (Fsp3) is 0.125. The molecule has 0 saturated carbocycles. The van der Waals surface area contributed by atoms with E-state index < -0.39 is 23.1 Å². The maximum atomic E-state index is 13.6. The molecule has 3 nitrogen and oxygen atoms in total. The molecule has 0 aliphatic heterocycles. The zero-order valence-electron chi connectivity index (χ0n) is 12.1. The Morgan fingerprint density at radius 3 is 2.61 bits per heavy atom. The Morgan fingerprint density at radius 2 is 1.96 bits per heavy atom. The first-order valence-electron chi connectivity index (χ1n) is 6.78. The minimum Gasteiger partial charge on any atom is -0.347 e. The summed E-state index contributed by atoms with van der Waals surface area (Å²) in [5.41, 5.74) is 0.237. The van der Waals surface area contributed by atoms with Gasteiger partial charge in [-0.2, -0.15) is 0 Å². The van der Waals surface area contributed by atoms with Crippen molar-refractivity contribution in [3.8, 4) is 9.88 Å². The lowest BCUT2D eigenvalue weighted by Crippen LogP contribution is -2.25. The Kier molecular flexibility index (Phi) is 4.49. The zero-order valence-corrected chi connectivity index (χ0v) is 13.7. The van der Waals surface area contributed by atoms with Crippen LogP contribution in [0.25, 0.3) is 9.88 Å². The molecule has 0 saturated heterocycles. The number of nitrogens with one attached hydrogen (secondary N) is 1. The van der Waals surface area contributed by atoms with Crippen LogP contribution in [0.5, 0.6) is 0 Å². The van der Waals surface area contributed by atoms with Gasteiger partial charge >= 0.3 is 0 Å². The summed E-state index contributed by atoms with van der Waals surface area (Å²) in [7, 11) is 0. The van der Waals surface area contributed by atoms with Gasteiger partial charge in [-0.15, -0.1) is 22.7 Å². The van der Waals surface area contributed by atoms with E-state index in [-0.39, 0.29) is 6.54 Å². The second-order valence-electron chi connectivity index (χ2n) is 4.78. The third-order valence-electron chi connectivity index (χ3n) is 3.22. The average Bonchev–Trinajstić information content (AvgIpc) is 3.14. The molecule has 1 amide bonds. The first kappa shape index (κ1) is 15.8. The standard InChI is InChI=1S/C16H12F2N2OS2/c1-9-13(23-16(20-9)12-6-3-7-22-12)8-19-15(21)14-10(17)4-2-5-11(14)18/h2-7H,8H2,1H3,(H,19,21). The summed E-state index contributed by atoms with van der Waals surface area (Å²) in [6.07, 6.45) is 0. The van der Waals surface area contributed by atoms with Crippen LogP contribution < -0.4 is 5.32 Å². The van der Waals surface area contributed by atoms with E-state index in [9.17, 15) is 13.6 Å². The van der Waals surface area contributed by atoms with Gasteiger partial charge in [0, 0.05) is 4.88 Å². The van der Waals surface area contributed by atoms with Gasteiger partial charge in [0.1, 0.15) is 22.2 Å². The van der Waals surface area contributed by atoms with Crippen LogP contribution in [0, 0.1) is 18.6 Å². The molecule has 3 aromatic rings. The predicted octanol–water partition coefficient (Wildman–Crippen LogP) is 4.39. The van der Waals surface area contributed by atoms with Crippen molar-refractivity contribution < 1.29 is 13.6 Å². The fourth-order valence-electron chi connectivity index (χ4n) is 2.06. The lowest BCUT2D eigenvalue weighted by Gasteiger charge is -2.06. The summed E-state index contributed by atoms with van der Waals surface area (Å²) in [4.78, 5) is 18.4. The van der Waals surface area contributed by atoms with Gasteiger partial charge < -0.3 is 5.32 Å². The van der Waals surface area contributed by atoms with Crippen molar-refractivity contribution >= 4 is 28.6 Å². The van der Waals surface area contributed by atoms with Crippen LogP contribution in [-0.4, -0.2) is 10.9 Å². The third kappa shape index (κ3) is 3.30. The van der Waals surface area contributed by atoms with Gasteiger partial charge in [-0.05, 0) is 30.5 Å². The molecule has 0 bridgehead atoms. The van der Waals surface area contributed by atoms with Gasteiger partial charge in [-0.25, -0.2) is 13.8 Å². The van der Waals surface area contributed by atoms with Crippen molar-refractivity contribution in [2.45, 2.75) is 13.5 Å². The number of rotatable bonds is 4. The number of carbonyl (C=O) groups excluding carboxylic acids is 1. The molecule has 2 heterocycles. The van der Waals surface area contributed by atoms with Crippen molar-refractivity contribution in [3.63, 3.8) is 0 Å². The number of thiazole rings is 1. The number of carbonyl (C=O) groups is 1. The Labute approximate surface area is 139 Å². The molecule has 0 aliphatic rings. The molecule has 1 N–H and O–H groups in total. The molecule has 3 rings (SSSR count). The van der Waals surface area contributed by atoms with Crippen LogP contribution >= 0.6 is 22.7 Å². The minimum atomic E-state index is -0.872. The van der Waals surface area contributed by atoms with Crippen molar-refractivity contribution in [3.05, 3.63) is 63.5 Å². The number of aryl methyl sites for hydroxylation is 1. The number of benzene rings is 1. The van der Waals surface area contributed by atoms with Gasteiger partial charge in [0.2, 0.25) is 0 Å². The second-order valence-corrected chi connectivity index (χ2v) is 6.82. The highest BCUT2D eigenvalue weighted by Crippen LogP contribution is 2.31. The number of hydrogen-bond acceptors (Lipinski definition) is 4. The molecule has 0 unspecified atom stereocenters. The van der Waals surface area contributed by atoms with E-state index in [1.54, 1.807) is 11.3 Å². The highest BCUT2D eigenvalue weighted by atomic mass is 32.1. The Balaban J connectivity index is 1.75. The summed E-state index contributed by atoms with van der Waals surface area (Å²) >= 11 is 3.04. The van der Waals surface area contributed by atoms with Crippen LogP contribution in [-0.2, 0) is 6.54 Å². The molecule has 0 fully saturated rings. The van der Waals surface area contributed by atoms with Crippen LogP contribution in [0.4, 0.5) is 8.78 Å². The number of hydrogen-bond donors (Lipinski definition) is 1. The minimum absolute atomic E-state index is 0.182. The van der Waals surface area contributed by atoms with E-state index in [1.165, 1.54) is 17.4 Å². The summed E-state index contributed by atoms with van der Waals surface area (Å²) in [6.45, 7) is 2.03. The van der Waals surface area contributed by atoms with Crippen LogP contribution in [0.2, 0.25) is 0 Å². The van der Waals surface area contributed by atoms with E-state index in [0.29, 0.717) is 0 Å². The molecule has 0 spiro atoms. The smallest absolute Gasteiger partial charge is 0.257 e. The van der Waals surface area contributed by atoms with Gasteiger partial charge in [0.25, 0.3) is 5.91 Å². The summed E-state index contributed by atoms with van der Waals surface area (Å²) in [6, 6.07) is 7.26. The molecule has 118 valence electrons.